The smallest absolute Gasteiger partial charge is 0.250 e. The molecule has 2 N–H and O–H groups in total. The van der Waals surface area contributed by atoms with Crippen molar-refractivity contribution in [3.63, 3.8) is 0 Å². The van der Waals surface area contributed by atoms with Gasteiger partial charge in [-0.25, -0.2) is 10.4 Å². The van der Waals surface area contributed by atoms with Gasteiger partial charge in [0.15, 0.2) is 16.7 Å². The van der Waals surface area contributed by atoms with Crippen LogP contribution in [0, 0.1) is 0 Å². The zero-order valence-corrected chi connectivity index (χ0v) is 19.3. The number of phenols is 1. The van der Waals surface area contributed by atoms with E-state index in [4.69, 9.17) is 21.3 Å². The molecule has 0 spiro atoms. The fraction of sp³-hybridized carbons (Fsp3) is 0.125. The second-order valence-electron chi connectivity index (χ2n) is 7.08. The Morgan fingerprint density at radius 1 is 1.18 bits per heavy atom. The highest BCUT2D eigenvalue weighted by Crippen LogP contribution is 2.28. The number of para-hydroxylation sites is 3. The Morgan fingerprint density at radius 2 is 1.97 bits per heavy atom. The van der Waals surface area contributed by atoms with Gasteiger partial charge in [-0.2, -0.15) is 5.10 Å². The van der Waals surface area contributed by atoms with Gasteiger partial charge in [-0.15, -0.1) is 0 Å². The third-order valence-electron chi connectivity index (χ3n) is 4.85. The van der Waals surface area contributed by atoms with Crippen LogP contribution in [0.3, 0.4) is 0 Å². The van der Waals surface area contributed by atoms with Gasteiger partial charge in [0.25, 0.3) is 5.91 Å². The molecule has 4 aromatic rings. The zero-order valence-electron chi connectivity index (χ0n) is 17.7. The third kappa shape index (κ3) is 5.47. The molecule has 1 aromatic heterocycles. The zero-order chi connectivity index (χ0) is 23.2. The first-order valence-corrected chi connectivity index (χ1v) is 11.4. The highest BCUT2D eigenvalue weighted by molar-refractivity contribution is 7.99. The summed E-state index contributed by atoms with van der Waals surface area (Å²) in [5.74, 6) is 0.137. The van der Waals surface area contributed by atoms with E-state index >= 15 is 0 Å². The Hall–Kier alpha value is -3.49. The van der Waals surface area contributed by atoms with E-state index in [-0.39, 0.29) is 17.4 Å². The average Bonchev–Trinajstić information content (AvgIpc) is 3.17. The van der Waals surface area contributed by atoms with Gasteiger partial charge in [-0.1, -0.05) is 53.7 Å². The van der Waals surface area contributed by atoms with Crippen LogP contribution >= 0.6 is 23.4 Å². The Bertz CT molecular complexity index is 1310. The summed E-state index contributed by atoms with van der Waals surface area (Å²) in [6, 6.07) is 20.5. The fourth-order valence-electron chi connectivity index (χ4n) is 3.23. The molecule has 7 nitrogen and oxygen atoms in total. The van der Waals surface area contributed by atoms with Crippen molar-refractivity contribution in [3.05, 3.63) is 82.9 Å². The number of thioether (sulfide) groups is 1. The molecule has 0 aliphatic carbocycles. The average molecular weight is 481 g/mol. The van der Waals surface area contributed by atoms with Crippen molar-refractivity contribution < 1.29 is 14.6 Å². The normalized spacial score (nSPS) is 11.2. The van der Waals surface area contributed by atoms with Crippen molar-refractivity contribution in [1.29, 1.82) is 0 Å². The number of methoxy groups -OCH3 is 1. The van der Waals surface area contributed by atoms with E-state index < -0.39 is 0 Å². The number of hydrogen-bond donors (Lipinski definition) is 2. The molecule has 0 aliphatic heterocycles. The van der Waals surface area contributed by atoms with E-state index in [0.29, 0.717) is 22.9 Å². The predicted octanol–water partition coefficient (Wildman–Crippen LogP) is 4.69. The van der Waals surface area contributed by atoms with Gasteiger partial charge in [0.05, 0.1) is 36.7 Å². The summed E-state index contributed by atoms with van der Waals surface area (Å²) in [5, 5.41) is 15.4. The van der Waals surface area contributed by atoms with E-state index in [2.05, 4.69) is 15.1 Å². The van der Waals surface area contributed by atoms with Crippen LogP contribution in [0.1, 0.15) is 11.1 Å². The molecular formula is C24H21ClN4O3S. The number of benzene rings is 3. The molecule has 0 atom stereocenters. The van der Waals surface area contributed by atoms with Crippen LogP contribution in [0.25, 0.3) is 11.0 Å². The van der Waals surface area contributed by atoms with Crippen molar-refractivity contribution in [2.24, 2.45) is 5.10 Å². The number of imidazole rings is 1. The van der Waals surface area contributed by atoms with Crippen LogP contribution in [-0.4, -0.2) is 39.6 Å². The van der Waals surface area contributed by atoms with Crippen LogP contribution in [0.15, 0.2) is 77.0 Å². The minimum absolute atomic E-state index is 0.0386. The number of ether oxygens (including phenoxy) is 1. The third-order valence-corrected chi connectivity index (χ3v) is 6.08. The van der Waals surface area contributed by atoms with Gasteiger partial charge >= 0.3 is 0 Å². The first-order valence-electron chi connectivity index (χ1n) is 10.1. The number of carbonyl (C=O) groups excluding carboxylic acids is 1. The van der Waals surface area contributed by atoms with E-state index in [0.717, 1.165) is 21.8 Å². The molecule has 3 aromatic carbocycles. The maximum Gasteiger partial charge on any atom is 0.250 e. The summed E-state index contributed by atoms with van der Waals surface area (Å²) in [4.78, 5) is 17.0. The molecule has 0 aliphatic rings. The molecule has 0 bridgehead atoms. The molecule has 4 rings (SSSR count). The maximum atomic E-state index is 12.4. The standard InChI is InChI=1S/C24H21ClN4O3S/c1-32-21-8-4-5-17(23(21)31)13-26-28-22(30)15-33-24-27-19-6-2-3-7-20(19)29(24)14-16-9-11-18(25)12-10-16/h2-13,31H,14-15H2,1H3,(H,28,30)/b26-13+. The molecule has 168 valence electrons. The molecule has 0 saturated carbocycles. The number of nitrogens with one attached hydrogen (secondary N) is 1. The number of carbonyl (C=O) groups is 1. The SMILES string of the molecule is COc1cccc(/C=N/NC(=O)CSc2nc3ccccc3n2Cc2ccc(Cl)cc2)c1O. The Kier molecular flexibility index (Phi) is 7.16. The Morgan fingerprint density at radius 3 is 2.76 bits per heavy atom. The molecular weight excluding hydrogens is 460 g/mol. The number of rotatable bonds is 8. The quantitative estimate of drug-likeness (QED) is 0.217. The lowest BCUT2D eigenvalue weighted by Crippen LogP contribution is -2.20. The van der Waals surface area contributed by atoms with Crippen LogP contribution in [0.4, 0.5) is 0 Å². The maximum absolute atomic E-state index is 12.4. The molecule has 9 heteroatoms. The lowest BCUT2D eigenvalue weighted by atomic mass is 10.2. The Balaban J connectivity index is 1.44. The number of halogens is 1. The van der Waals surface area contributed by atoms with Gasteiger partial charge in [0.2, 0.25) is 0 Å². The van der Waals surface area contributed by atoms with Gasteiger partial charge in [0.1, 0.15) is 0 Å². The number of aromatic nitrogens is 2. The predicted molar refractivity (Wildman–Crippen MR) is 131 cm³/mol. The van der Waals surface area contributed by atoms with E-state index in [9.17, 15) is 9.90 Å². The second-order valence-corrected chi connectivity index (χ2v) is 8.45. The number of hydrazone groups is 1. The molecule has 33 heavy (non-hydrogen) atoms. The fourth-order valence-corrected chi connectivity index (χ4v) is 4.17. The van der Waals surface area contributed by atoms with Gasteiger partial charge in [-0.05, 0) is 42.0 Å². The topological polar surface area (TPSA) is 88.7 Å². The van der Waals surface area contributed by atoms with Crippen molar-refractivity contribution in [1.82, 2.24) is 15.0 Å². The van der Waals surface area contributed by atoms with Crippen molar-refractivity contribution in [3.8, 4) is 11.5 Å². The first-order chi connectivity index (χ1) is 16.0. The summed E-state index contributed by atoms with van der Waals surface area (Å²) in [7, 11) is 1.47. The number of aromatic hydroxyl groups is 1. The molecule has 0 fully saturated rings. The number of hydrogen-bond acceptors (Lipinski definition) is 6. The molecule has 0 saturated heterocycles. The monoisotopic (exact) mass is 480 g/mol. The molecule has 0 radical (unpaired) electrons. The van der Waals surface area contributed by atoms with Gasteiger partial charge < -0.3 is 14.4 Å². The van der Waals surface area contributed by atoms with Crippen molar-refractivity contribution in [2.45, 2.75) is 11.7 Å². The van der Waals surface area contributed by atoms with Crippen LogP contribution < -0.4 is 10.2 Å². The lowest BCUT2D eigenvalue weighted by Gasteiger charge is -2.09. The van der Waals surface area contributed by atoms with Crippen LogP contribution in [0.2, 0.25) is 5.02 Å². The van der Waals surface area contributed by atoms with Crippen molar-refractivity contribution >= 4 is 46.5 Å². The summed E-state index contributed by atoms with van der Waals surface area (Å²) in [6.07, 6.45) is 1.37. The van der Waals surface area contributed by atoms with Crippen molar-refractivity contribution in [2.75, 3.05) is 12.9 Å². The molecule has 1 amide bonds. The second kappa shape index (κ2) is 10.4. The van der Waals surface area contributed by atoms with Crippen LogP contribution in [-0.2, 0) is 11.3 Å². The number of amides is 1. The largest absolute Gasteiger partial charge is 0.504 e. The van der Waals surface area contributed by atoms with E-state index in [1.807, 2.05) is 48.5 Å². The highest BCUT2D eigenvalue weighted by Gasteiger charge is 2.13. The summed E-state index contributed by atoms with van der Waals surface area (Å²) < 4.78 is 7.14. The lowest BCUT2D eigenvalue weighted by molar-refractivity contribution is -0.118. The Labute approximate surface area is 200 Å². The minimum Gasteiger partial charge on any atom is -0.504 e. The summed E-state index contributed by atoms with van der Waals surface area (Å²) >= 11 is 7.34. The van der Waals surface area contributed by atoms with Gasteiger partial charge in [0, 0.05) is 10.6 Å². The van der Waals surface area contributed by atoms with Gasteiger partial charge in [-0.3, -0.25) is 4.79 Å². The summed E-state index contributed by atoms with van der Waals surface area (Å²) in [6.45, 7) is 0.606. The summed E-state index contributed by atoms with van der Waals surface area (Å²) in [5.41, 5.74) is 5.85. The number of phenolic OH excluding ortho intramolecular Hbond substituents is 1. The first kappa shape index (κ1) is 22.7. The highest BCUT2D eigenvalue weighted by atomic mass is 35.5. The molecule has 0 unspecified atom stereocenters. The van der Waals surface area contributed by atoms with E-state index in [1.54, 1.807) is 18.2 Å². The number of fused-ring (bicyclic) bond motifs is 1. The molecule has 1 heterocycles. The minimum atomic E-state index is -0.288. The van der Waals surface area contributed by atoms with Crippen LogP contribution in [0.5, 0.6) is 11.5 Å². The van der Waals surface area contributed by atoms with E-state index in [1.165, 1.54) is 25.1 Å². The number of nitrogens with zero attached hydrogens (tertiary/aromatic N) is 3.